The van der Waals surface area contributed by atoms with E-state index in [1.807, 2.05) is 0 Å². The van der Waals surface area contributed by atoms with Crippen LogP contribution >= 0.6 is 0 Å². The largest absolute Gasteiger partial charge is 0.348 e. The lowest BCUT2D eigenvalue weighted by Gasteiger charge is -2.37. The highest BCUT2D eigenvalue weighted by atomic mass is 19.1. The number of aliphatic imine (C=N–C) groups is 1. The number of piperidine rings is 1. The molecule has 1 aliphatic heterocycles. The van der Waals surface area contributed by atoms with Crippen molar-refractivity contribution in [3.63, 3.8) is 0 Å². The predicted octanol–water partition coefficient (Wildman–Crippen LogP) is 3.20. The first-order valence-electron chi connectivity index (χ1n) is 11.9. The summed E-state index contributed by atoms with van der Waals surface area (Å²) in [6.07, 6.45) is 7.80. The minimum atomic E-state index is -0.703. The molecular formula is C25H34FN5O2. The van der Waals surface area contributed by atoms with E-state index in [0.717, 1.165) is 38.8 Å². The van der Waals surface area contributed by atoms with Gasteiger partial charge in [0.15, 0.2) is 0 Å². The predicted molar refractivity (Wildman–Crippen MR) is 125 cm³/mol. The molecule has 3 N–H and O–H groups in total. The van der Waals surface area contributed by atoms with Gasteiger partial charge in [-0.3, -0.25) is 14.6 Å². The number of halogens is 1. The zero-order valence-electron chi connectivity index (χ0n) is 19.3. The van der Waals surface area contributed by atoms with Gasteiger partial charge in [0.05, 0.1) is 18.0 Å². The topological polar surface area (TPSA) is 106 Å². The lowest BCUT2D eigenvalue weighted by Crippen LogP contribution is -2.56. The molecule has 1 aliphatic carbocycles. The number of nitrogens with zero attached hydrogens (tertiary/aromatic N) is 2. The van der Waals surface area contributed by atoms with E-state index in [9.17, 15) is 19.2 Å². The van der Waals surface area contributed by atoms with Gasteiger partial charge in [-0.25, -0.2) is 4.39 Å². The Bertz CT molecular complexity index is 881. The zero-order chi connectivity index (χ0) is 23.7. The number of rotatable bonds is 7. The maximum atomic E-state index is 13.6. The van der Waals surface area contributed by atoms with Crippen LogP contribution in [0.5, 0.6) is 0 Å². The van der Waals surface area contributed by atoms with Gasteiger partial charge in [-0.15, -0.1) is 0 Å². The second kappa shape index (κ2) is 11.9. The Labute approximate surface area is 195 Å². The number of nitrogens with one attached hydrogen (secondary N) is 3. The lowest BCUT2D eigenvalue weighted by molar-refractivity contribution is -0.125. The molecule has 1 saturated heterocycles. The summed E-state index contributed by atoms with van der Waals surface area (Å²) >= 11 is 0. The molecule has 1 heterocycles. The van der Waals surface area contributed by atoms with Crippen molar-refractivity contribution in [3.8, 4) is 6.07 Å². The Morgan fingerprint density at radius 1 is 1.21 bits per heavy atom. The van der Waals surface area contributed by atoms with E-state index in [1.165, 1.54) is 25.5 Å². The standard InChI is InChI=1S/C25H34FN5O2/c1-18(32)29-23(20-7-9-21(26)10-8-20)30-22(17-19-5-3-2-4-6-19)24(33)31-25(11-14-27)12-15-28-16-13-25/h7-10,19,22,28H,2-6,11-13,15-17H2,1H3,(H,31,33)(H,29,30,32). The Balaban J connectivity index is 1.90. The molecule has 0 spiro atoms. The quantitative estimate of drug-likeness (QED) is 0.434. The van der Waals surface area contributed by atoms with Gasteiger partial charge in [-0.05, 0) is 62.5 Å². The number of carbonyl (C=O) groups is 2. The van der Waals surface area contributed by atoms with Gasteiger partial charge in [-0.1, -0.05) is 32.1 Å². The Morgan fingerprint density at radius 3 is 2.48 bits per heavy atom. The number of amides is 2. The normalized spacial score (nSPS) is 19.8. The number of benzene rings is 1. The summed E-state index contributed by atoms with van der Waals surface area (Å²) in [5.41, 5.74) is -0.0248. The van der Waals surface area contributed by atoms with Gasteiger partial charge in [0.25, 0.3) is 0 Å². The van der Waals surface area contributed by atoms with Gasteiger partial charge in [0.2, 0.25) is 11.8 Å². The molecule has 2 amide bonds. The molecule has 0 radical (unpaired) electrons. The third-order valence-corrected chi connectivity index (χ3v) is 6.65. The summed E-state index contributed by atoms with van der Waals surface area (Å²) in [6, 6.07) is 7.23. The van der Waals surface area contributed by atoms with E-state index in [-0.39, 0.29) is 29.9 Å². The van der Waals surface area contributed by atoms with E-state index in [2.05, 4.69) is 22.0 Å². The highest BCUT2D eigenvalue weighted by Gasteiger charge is 2.36. The molecular weight excluding hydrogens is 421 g/mol. The lowest BCUT2D eigenvalue weighted by atomic mass is 9.83. The molecule has 178 valence electrons. The van der Waals surface area contributed by atoms with Crippen LogP contribution in [-0.2, 0) is 9.59 Å². The third-order valence-electron chi connectivity index (χ3n) is 6.65. The average molecular weight is 456 g/mol. The maximum absolute atomic E-state index is 13.6. The molecule has 2 aliphatic rings. The van der Waals surface area contributed by atoms with E-state index >= 15 is 0 Å². The van der Waals surface area contributed by atoms with E-state index in [1.54, 1.807) is 12.1 Å². The van der Waals surface area contributed by atoms with Crippen LogP contribution in [0.2, 0.25) is 0 Å². The first-order valence-corrected chi connectivity index (χ1v) is 11.9. The van der Waals surface area contributed by atoms with E-state index < -0.39 is 11.6 Å². The summed E-state index contributed by atoms with van der Waals surface area (Å²) < 4.78 is 13.5. The molecule has 2 fully saturated rings. The first-order chi connectivity index (χ1) is 15.9. The molecule has 0 aromatic heterocycles. The van der Waals surface area contributed by atoms with Crippen LogP contribution in [-0.4, -0.2) is 42.3 Å². The van der Waals surface area contributed by atoms with Crippen LogP contribution in [0.15, 0.2) is 29.3 Å². The number of nitriles is 1. The smallest absolute Gasteiger partial charge is 0.245 e. The van der Waals surface area contributed by atoms with Crippen molar-refractivity contribution in [2.24, 2.45) is 10.9 Å². The monoisotopic (exact) mass is 455 g/mol. The minimum Gasteiger partial charge on any atom is -0.348 e. The highest BCUT2D eigenvalue weighted by molar-refractivity contribution is 6.08. The molecule has 1 aromatic rings. The molecule has 1 aromatic carbocycles. The Hall–Kier alpha value is -2.79. The maximum Gasteiger partial charge on any atom is 0.245 e. The van der Waals surface area contributed by atoms with Crippen molar-refractivity contribution in [3.05, 3.63) is 35.6 Å². The summed E-state index contributed by atoms with van der Waals surface area (Å²) in [4.78, 5) is 30.1. The molecule has 7 nitrogen and oxygen atoms in total. The van der Waals surface area contributed by atoms with Gasteiger partial charge in [-0.2, -0.15) is 5.26 Å². The molecule has 33 heavy (non-hydrogen) atoms. The fourth-order valence-electron chi connectivity index (χ4n) is 4.81. The molecule has 1 atom stereocenters. The van der Waals surface area contributed by atoms with Crippen molar-refractivity contribution in [2.75, 3.05) is 13.1 Å². The molecule has 3 rings (SSSR count). The fraction of sp³-hybridized carbons (Fsp3) is 0.600. The molecule has 1 unspecified atom stereocenters. The van der Waals surface area contributed by atoms with Gasteiger partial charge >= 0.3 is 0 Å². The summed E-state index contributed by atoms with van der Waals surface area (Å²) in [6.45, 7) is 2.86. The van der Waals surface area contributed by atoms with E-state index in [0.29, 0.717) is 30.7 Å². The summed E-state index contributed by atoms with van der Waals surface area (Å²) in [5, 5.41) is 18.5. The molecule has 8 heteroatoms. The summed E-state index contributed by atoms with van der Waals surface area (Å²) in [5.74, 6) is -0.276. The highest BCUT2D eigenvalue weighted by Crippen LogP contribution is 2.29. The second-order valence-electron chi connectivity index (χ2n) is 9.28. The van der Waals surface area contributed by atoms with Crippen LogP contribution in [0.4, 0.5) is 4.39 Å². The van der Waals surface area contributed by atoms with Gasteiger partial charge in [0.1, 0.15) is 17.7 Å². The van der Waals surface area contributed by atoms with Crippen molar-refractivity contribution >= 4 is 17.6 Å². The number of amidine groups is 1. The fourth-order valence-corrected chi connectivity index (χ4v) is 4.81. The van der Waals surface area contributed by atoms with Gasteiger partial charge in [0, 0.05) is 12.5 Å². The van der Waals surface area contributed by atoms with Crippen LogP contribution in [0.1, 0.15) is 70.3 Å². The SMILES string of the molecule is CC(=O)NC(=NC(CC1CCCCC1)C(=O)NC1(CC#N)CCNCC1)c1ccc(F)cc1. The van der Waals surface area contributed by atoms with Crippen LogP contribution in [0.25, 0.3) is 0 Å². The van der Waals surface area contributed by atoms with Crippen LogP contribution in [0.3, 0.4) is 0 Å². The Morgan fingerprint density at radius 2 is 1.88 bits per heavy atom. The first kappa shape index (κ1) is 24.8. The summed E-state index contributed by atoms with van der Waals surface area (Å²) in [7, 11) is 0. The minimum absolute atomic E-state index is 0.220. The van der Waals surface area contributed by atoms with Crippen molar-refractivity contribution in [1.29, 1.82) is 5.26 Å². The Kier molecular flexibility index (Phi) is 8.95. The number of hydrogen-bond donors (Lipinski definition) is 3. The third kappa shape index (κ3) is 7.36. The van der Waals surface area contributed by atoms with Gasteiger partial charge < -0.3 is 16.0 Å². The van der Waals surface area contributed by atoms with E-state index in [4.69, 9.17) is 4.99 Å². The number of hydrogen-bond acceptors (Lipinski definition) is 5. The van der Waals surface area contributed by atoms with Crippen molar-refractivity contribution in [1.82, 2.24) is 16.0 Å². The van der Waals surface area contributed by atoms with Crippen molar-refractivity contribution in [2.45, 2.75) is 76.3 Å². The van der Waals surface area contributed by atoms with Crippen LogP contribution < -0.4 is 16.0 Å². The van der Waals surface area contributed by atoms with Crippen LogP contribution in [0, 0.1) is 23.1 Å². The number of carbonyl (C=O) groups excluding carboxylic acids is 2. The zero-order valence-corrected chi connectivity index (χ0v) is 19.3. The second-order valence-corrected chi connectivity index (χ2v) is 9.28. The average Bonchev–Trinajstić information content (AvgIpc) is 2.80. The molecule has 0 bridgehead atoms. The van der Waals surface area contributed by atoms with Crippen molar-refractivity contribution < 1.29 is 14.0 Å². The molecule has 1 saturated carbocycles.